The zero-order chi connectivity index (χ0) is 18.5. The zero-order valence-electron chi connectivity index (χ0n) is 13.7. The molecular formula is C18H16ClNO6. The van der Waals surface area contributed by atoms with Crippen molar-refractivity contribution in [2.24, 2.45) is 5.73 Å². The van der Waals surface area contributed by atoms with Crippen LogP contribution in [0.15, 0.2) is 36.4 Å². The van der Waals surface area contributed by atoms with E-state index < -0.39 is 11.9 Å². The van der Waals surface area contributed by atoms with Crippen LogP contribution in [-0.2, 0) is 27.5 Å². The Bertz CT molecular complexity index is 821. The number of benzene rings is 2. The first-order valence-corrected chi connectivity index (χ1v) is 8.11. The van der Waals surface area contributed by atoms with Crippen LogP contribution in [0.2, 0.25) is 5.02 Å². The summed E-state index contributed by atoms with van der Waals surface area (Å²) >= 11 is 6.09. The average molecular weight is 378 g/mol. The summed E-state index contributed by atoms with van der Waals surface area (Å²) in [5, 5.41) is 0.514. The van der Waals surface area contributed by atoms with E-state index >= 15 is 0 Å². The second kappa shape index (κ2) is 8.07. The molecule has 1 heterocycles. The summed E-state index contributed by atoms with van der Waals surface area (Å²) in [6, 6.07) is 9.64. The predicted octanol–water partition coefficient (Wildman–Crippen LogP) is 2.43. The van der Waals surface area contributed by atoms with Crippen LogP contribution >= 0.6 is 11.6 Å². The van der Waals surface area contributed by atoms with Crippen LogP contribution in [0, 0.1) is 0 Å². The van der Waals surface area contributed by atoms with Gasteiger partial charge in [0.2, 0.25) is 0 Å². The van der Waals surface area contributed by atoms with Gasteiger partial charge in [-0.1, -0.05) is 11.6 Å². The van der Waals surface area contributed by atoms with Crippen molar-refractivity contribution < 1.29 is 28.5 Å². The fourth-order valence-corrected chi connectivity index (χ4v) is 2.70. The van der Waals surface area contributed by atoms with Gasteiger partial charge in [-0.3, -0.25) is 4.79 Å². The van der Waals surface area contributed by atoms with Gasteiger partial charge in [0.15, 0.2) is 13.4 Å². The maximum Gasteiger partial charge on any atom is 0.338 e. The maximum atomic E-state index is 12.2. The Hall–Kier alpha value is -2.77. The maximum absolute atomic E-state index is 12.2. The lowest BCUT2D eigenvalue weighted by atomic mass is 10.1. The largest absolute Gasteiger partial charge is 0.484 e. The Labute approximate surface area is 154 Å². The Kier molecular flexibility index (Phi) is 5.60. The molecule has 0 bridgehead atoms. The van der Waals surface area contributed by atoms with Crippen molar-refractivity contribution in [1.29, 1.82) is 0 Å². The highest BCUT2D eigenvalue weighted by Crippen LogP contribution is 2.32. The Balaban J connectivity index is 1.64. The summed E-state index contributed by atoms with van der Waals surface area (Å²) in [5.74, 6) is -0.0282. The molecule has 136 valence electrons. The van der Waals surface area contributed by atoms with Crippen molar-refractivity contribution in [3.8, 4) is 11.5 Å². The van der Waals surface area contributed by atoms with Crippen molar-refractivity contribution in [2.75, 3.05) is 13.4 Å². The number of esters is 1. The molecule has 0 aromatic heterocycles. The molecule has 0 saturated carbocycles. The standard InChI is InChI=1S/C18H16ClNO6/c19-14-5-12-7-23-10-26-17(12)13(6-14)8-25-18(22)11-1-3-15(4-2-11)24-9-16(20)21/h1-6H,7-10H2,(H2,20,21). The van der Waals surface area contributed by atoms with Gasteiger partial charge in [0, 0.05) is 16.1 Å². The normalized spacial score (nSPS) is 12.7. The zero-order valence-corrected chi connectivity index (χ0v) is 14.5. The number of amides is 1. The number of nitrogens with two attached hydrogens (primary N) is 1. The van der Waals surface area contributed by atoms with Crippen molar-refractivity contribution in [3.63, 3.8) is 0 Å². The molecule has 1 aliphatic rings. The van der Waals surface area contributed by atoms with Crippen LogP contribution < -0.4 is 15.2 Å². The molecule has 26 heavy (non-hydrogen) atoms. The van der Waals surface area contributed by atoms with Crippen LogP contribution in [0.1, 0.15) is 21.5 Å². The van der Waals surface area contributed by atoms with Crippen LogP contribution in [0.25, 0.3) is 0 Å². The lowest BCUT2D eigenvalue weighted by Gasteiger charge is -2.21. The summed E-state index contributed by atoms with van der Waals surface area (Å²) in [6.45, 7) is 0.320. The van der Waals surface area contributed by atoms with E-state index in [2.05, 4.69) is 0 Å². The number of fused-ring (bicyclic) bond motifs is 1. The highest BCUT2D eigenvalue weighted by atomic mass is 35.5. The minimum Gasteiger partial charge on any atom is -0.484 e. The summed E-state index contributed by atoms with van der Waals surface area (Å²) in [6.07, 6.45) is 0. The van der Waals surface area contributed by atoms with E-state index in [4.69, 9.17) is 36.3 Å². The molecule has 2 N–H and O–H groups in total. The smallest absolute Gasteiger partial charge is 0.338 e. The van der Waals surface area contributed by atoms with Crippen LogP contribution in [0.4, 0.5) is 0 Å². The molecule has 0 spiro atoms. The van der Waals surface area contributed by atoms with Crippen LogP contribution in [0.3, 0.4) is 0 Å². The van der Waals surface area contributed by atoms with Gasteiger partial charge >= 0.3 is 5.97 Å². The average Bonchev–Trinajstić information content (AvgIpc) is 2.64. The lowest BCUT2D eigenvalue weighted by molar-refractivity contribution is -0.119. The van der Waals surface area contributed by atoms with Crippen molar-refractivity contribution >= 4 is 23.5 Å². The van der Waals surface area contributed by atoms with Crippen molar-refractivity contribution in [1.82, 2.24) is 0 Å². The molecule has 1 aliphatic heterocycles. The van der Waals surface area contributed by atoms with Crippen LogP contribution in [-0.4, -0.2) is 25.3 Å². The molecular weight excluding hydrogens is 362 g/mol. The first-order chi connectivity index (χ1) is 12.5. The second-order valence-corrected chi connectivity index (χ2v) is 5.96. The SMILES string of the molecule is NC(=O)COc1ccc(C(=O)OCc2cc(Cl)cc3c2OCOC3)cc1. The fraction of sp³-hybridized carbons (Fsp3) is 0.222. The van der Waals surface area contributed by atoms with E-state index in [1.54, 1.807) is 24.3 Å². The predicted molar refractivity (Wildman–Crippen MR) is 92.0 cm³/mol. The van der Waals surface area contributed by atoms with Gasteiger partial charge in [-0.15, -0.1) is 0 Å². The summed E-state index contributed by atoms with van der Waals surface area (Å²) in [4.78, 5) is 22.9. The lowest BCUT2D eigenvalue weighted by Crippen LogP contribution is -2.20. The number of hydrogen-bond acceptors (Lipinski definition) is 6. The molecule has 2 aromatic carbocycles. The van der Waals surface area contributed by atoms with E-state index in [0.717, 1.165) is 5.56 Å². The quantitative estimate of drug-likeness (QED) is 0.776. The summed E-state index contributed by atoms with van der Waals surface area (Å²) in [7, 11) is 0. The Morgan fingerprint density at radius 2 is 1.96 bits per heavy atom. The molecule has 3 rings (SSSR count). The Morgan fingerprint density at radius 3 is 2.69 bits per heavy atom. The molecule has 0 fully saturated rings. The van der Waals surface area contributed by atoms with E-state index in [0.29, 0.717) is 34.3 Å². The number of rotatable bonds is 6. The van der Waals surface area contributed by atoms with E-state index in [9.17, 15) is 9.59 Å². The monoisotopic (exact) mass is 377 g/mol. The number of carbonyl (C=O) groups is 2. The molecule has 0 unspecified atom stereocenters. The third-order valence-electron chi connectivity index (χ3n) is 3.58. The summed E-state index contributed by atoms with van der Waals surface area (Å²) in [5.41, 5.74) is 6.83. The third kappa shape index (κ3) is 4.44. The minimum absolute atomic E-state index is 0.0155. The van der Waals surface area contributed by atoms with E-state index in [1.165, 1.54) is 12.1 Å². The first kappa shape index (κ1) is 18.0. The molecule has 0 radical (unpaired) electrons. The number of carbonyl (C=O) groups excluding carboxylic acids is 2. The van der Waals surface area contributed by atoms with Crippen molar-refractivity contribution in [3.05, 3.63) is 58.1 Å². The van der Waals surface area contributed by atoms with Gasteiger partial charge in [-0.2, -0.15) is 0 Å². The molecule has 0 saturated heterocycles. The van der Waals surface area contributed by atoms with Gasteiger partial charge in [0.1, 0.15) is 18.1 Å². The molecule has 1 amide bonds. The van der Waals surface area contributed by atoms with E-state index in [1.807, 2.05) is 0 Å². The van der Waals surface area contributed by atoms with Gasteiger partial charge in [0.05, 0.1) is 12.2 Å². The van der Waals surface area contributed by atoms with Gasteiger partial charge < -0.3 is 24.7 Å². The number of halogens is 1. The second-order valence-electron chi connectivity index (χ2n) is 5.52. The Morgan fingerprint density at radius 1 is 1.19 bits per heavy atom. The number of ether oxygens (including phenoxy) is 4. The third-order valence-corrected chi connectivity index (χ3v) is 3.80. The fourth-order valence-electron chi connectivity index (χ4n) is 2.43. The number of hydrogen-bond donors (Lipinski definition) is 1. The topological polar surface area (TPSA) is 97.1 Å². The molecule has 0 aliphatic carbocycles. The van der Waals surface area contributed by atoms with E-state index in [-0.39, 0.29) is 20.0 Å². The number of primary amides is 1. The summed E-state index contributed by atoms with van der Waals surface area (Å²) < 4.78 is 21.2. The minimum atomic E-state index is -0.578. The van der Waals surface area contributed by atoms with Gasteiger partial charge in [-0.05, 0) is 36.4 Å². The molecule has 7 nitrogen and oxygen atoms in total. The van der Waals surface area contributed by atoms with Gasteiger partial charge in [-0.25, -0.2) is 4.79 Å². The molecule has 2 aromatic rings. The highest BCUT2D eigenvalue weighted by Gasteiger charge is 2.18. The van der Waals surface area contributed by atoms with Gasteiger partial charge in [0.25, 0.3) is 5.91 Å². The first-order valence-electron chi connectivity index (χ1n) is 7.73. The van der Waals surface area contributed by atoms with Crippen molar-refractivity contribution in [2.45, 2.75) is 13.2 Å². The van der Waals surface area contributed by atoms with Crippen LogP contribution in [0.5, 0.6) is 11.5 Å². The highest BCUT2D eigenvalue weighted by molar-refractivity contribution is 6.30. The molecule has 8 heteroatoms. The molecule has 0 atom stereocenters.